The molecular weight excluding hydrogens is 261 g/mol. The number of nitrogens with one attached hydrogen (secondary N) is 1. The molecular formula is C12H15ClFNO3. The molecule has 1 rings (SSSR count). The smallest absolute Gasteiger partial charge is 0.412 e. The molecule has 2 N–H and O–H groups in total. The number of anilines is 1. The quantitative estimate of drug-likeness (QED) is 0.870. The fourth-order valence-electron chi connectivity index (χ4n) is 1.22. The maximum absolute atomic E-state index is 13.5. The third kappa shape index (κ3) is 4.16. The van der Waals surface area contributed by atoms with Crippen molar-refractivity contribution in [2.24, 2.45) is 0 Å². The highest BCUT2D eigenvalue weighted by atomic mass is 35.5. The zero-order chi connectivity index (χ0) is 13.9. The number of carbonyl (C=O) groups is 1. The van der Waals surface area contributed by atoms with Crippen LogP contribution in [0.4, 0.5) is 14.9 Å². The summed E-state index contributed by atoms with van der Waals surface area (Å²) in [5.74, 6) is -0.692. The molecule has 18 heavy (non-hydrogen) atoms. The van der Waals surface area contributed by atoms with Gasteiger partial charge in [-0.25, -0.2) is 9.18 Å². The van der Waals surface area contributed by atoms with Crippen molar-refractivity contribution in [3.63, 3.8) is 0 Å². The van der Waals surface area contributed by atoms with Crippen molar-refractivity contribution >= 4 is 23.4 Å². The van der Waals surface area contributed by atoms with Gasteiger partial charge in [0.2, 0.25) is 0 Å². The molecule has 1 amide bonds. The molecule has 0 unspecified atom stereocenters. The van der Waals surface area contributed by atoms with E-state index >= 15 is 0 Å². The van der Waals surface area contributed by atoms with Crippen LogP contribution in [0, 0.1) is 5.82 Å². The minimum Gasteiger partial charge on any atom is -0.444 e. The average Bonchev–Trinajstić information content (AvgIpc) is 2.19. The van der Waals surface area contributed by atoms with Gasteiger partial charge in [0.05, 0.1) is 12.3 Å². The Bertz CT molecular complexity index is 457. The van der Waals surface area contributed by atoms with Gasteiger partial charge in [-0.3, -0.25) is 5.32 Å². The number of aliphatic hydroxyl groups excluding tert-OH is 1. The van der Waals surface area contributed by atoms with Gasteiger partial charge >= 0.3 is 6.09 Å². The maximum atomic E-state index is 13.5. The summed E-state index contributed by atoms with van der Waals surface area (Å²) in [6.07, 6.45) is -0.771. The van der Waals surface area contributed by atoms with Gasteiger partial charge in [0.25, 0.3) is 0 Å². The zero-order valence-electron chi connectivity index (χ0n) is 10.4. The normalized spacial score (nSPS) is 11.2. The second-order valence-corrected chi connectivity index (χ2v) is 5.12. The Hall–Kier alpha value is -1.33. The molecule has 6 heteroatoms. The van der Waals surface area contributed by atoms with E-state index in [0.29, 0.717) is 5.56 Å². The number of hydrogen-bond acceptors (Lipinski definition) is 3. The number of aliphatic hydroxyl groups is 1. The van der Waals surface area contributed by atoms with Crippen LogP contribution in [0.15, 0.2) is 12.1 Å². The third-order valence-electron chi connectivity index (χ3n) is 1.94. The Balaban J connectivity index is 2.88. The Morgan fingerprint density at radius 2 is 2.11 bits per heavy atom. The first-order valence-corrected chi connectivity index (χ1v) is 5.69. The van der Waals surface area contributed by atoms with E-state index in [4.69, 9.17) is 21.4 Å². The van der Waals surface area contributed by atoms with Crippen LogP contribution >= 0.6 is 11.6 Å². The van der Waals surface area contributed by atoms with Gasteiger partial charge in [-0.1, -0.05) is 11.6 Å². The second kappa shape index (κ2) is 5.54. The molecule has 0 bridgehead atoms. The average molecular weight is 276 g/mol. The highest BCUT2D eigenvalue weighted by molar-refractivity contribution is 6.31. The topological polar surface area (TPSA) is 58.6 Å². The number of rotatable bonds is 2. The van der Waals surface area contributed by atoms with E-state index in [1.165, 1.54) is 6.07 Å². The molecule has 0 aliphatic carbocycles. The summed E-state index contributed by atoms with van der Waals surface area (Å²) >= 11 is 5.70. The molecule has 0 spiro atoms. The fraction of sp³-hybridized carbons (Fsp3) is 0.417. The molecule has 4 nitrogen and oxygen atoms in total. The van der Waals surface area contributed by atoms with Gasteiger partial charge in [-0.05, 0) is 38.5 Å². The van der Waals surface area contributed by atoms with Gasteiger partial charge in [0.15, 0.2) is 0 Å². The van der Waals surface area contributed by atoms with E-state index in [-0.39, 0.29) is 17.3 Å². The van der Waals surface area contributed by atoms with Crippen LogP contribution in [0.25, 0.3) is 0 Å². The van der Waals surface area contributed by atoms with E-state index in [9.17, 15) is 9.18 Å². The first kappa shape index (κ1) is 14.7. The van der Waals surface area contributed by atoms with Gasteiger partial charge < -0.3 is 9.84 Å². The van der Waals surface area contributed by atoms with Crippen molar-refractivity contribution in [1.29, 1.82) is 0 Å². The van der Waals surface area contributed by atoms with E-state index in [1.807, 2.05) is 0 Å². The first-order valence-electron chi connectivity index (χ1n) is 5.31. The molecule has 0 radical (unpaired) electrons. The van der Waals surface area contributed by atoms with Crippen LogP contribution in [0.5, 0.6) is 0 Å². The zero-order valence-corrected chi connectivity index (χ0v) is 11.1. The summed E-state index contributed by atoms with van der Waals surface area (Å²) < 4.78 is 18.5. The summed E-state index contributed by atoms with van der Waals surface area (Å²) in [5, 5.41) is 11.4. The molecule has 1 aromatic rings. The lowest BCUT2D eigenvalue weighted by molar-refractivity contribution is 0.0635. The summed E-state index contributed by atoms with van der Waals surface area (Å²) in [4.78, 5) is 11.5. The van der Waals surface area contributed by atoms with Crippen LogP contribution in [0.3, 0.4) is 0 Å². The molecule has 100 valence electrons. The van der Waals surface area contributed by atoms with Gasteiger partial charge in [0, 0.05) is 5.02 Å². The van der Waals surface area contributed by atoms with Crippen molar-refractivity contribution in [2.45, 2.75) is 33.0 Å². The molecule has 0 saturated carbocycles. The minimum atomic E-state index is -0.771. The molecule has 0 atom stereocenters. The van der Waals surface area contributed by atoms with Crippen LogP contribution in [0.2, 0.25) is 5.02 Å². The molecule has 0 heterocycles. The lowest BCUT2D eigenvalue weighted by Crippen LogP contribution is -2.27. The van der Waals surface area contributed by atoms with Crippen LogP contribution in [-0.2, 0) is 11.3 Å². The predicted octanol–water partition coefficient (Wildman–Crippen LogP) is 3.32. The van der Waals surface area contributed by atoms with Gasteiger partial charge in [-0.15, -0.1) is 0 Å². The lowest BCUT2D eigenvalue weighted by atomic mass is 10.2. The number of amides is 1. The highest BCUT2D eigenvalue weighted by Crippen LogP contribution is 2.24. The van der Waals surface area contributed by atoms with Crippen molar-refractivity contribution in [2.75, 3.05) is 5.32 Å². The number of hydrogen-bond donors (Lipinski definition) is 2. The summed E-state index contributed by atoms with van der Waals surface area (Å²) in [5.41, 5.74) is -0.436. The van der Waals surface area contributed by atoms with Crippen molar-refractivity contribution in [3.05, 3.63) is 28.5 Å². The Morgan fingerprint density at radius 1 is 1.50 bits per heavy atom. The van der Waals surface area contributed by atoms with Crippen molar-refractivity contribution in [3.8, 4) is 0 Å². The third-order valence-corrected chi connectivity index (χ3v) is 2.29. The van der Waals surface area contributed by atoms with E-state index in [2.05, 4.69) is 5.32 Å². The van der Waals surface area contributed by atoms with Crippen LogP contribution in [-0.4, -0.2) is 16.8 Å². The Kier molecular flexibility index (Phi) is 4.53. The van der Waals surface area contributed by atoms with E-state index in [1.54, 1.807) is 20.8 Å². The second-order valence-electron chi connectivity index (χ2n) is 4.71. The number of benzene rings is 1. The molecule has 0 aromatic heterocycles. The van der Waals surface area contributed by atoms with Gasteiger partial charge in [0.1, 0.15) is 11.4 Å². The number of ether oxygens (including phenoxy) is 1. The van der Waals surface area contributed by atoms with E-state index < -0.39 is 17.5 Å². The highest BCUT2D eigenvalue weighted by Gasteiger charge is 2.18. The maximum Gasteiger partial charge on any atom is 0.412 e. The monoisotopic (exact) mass is 275 g/mol. The fourth-order valence-corrected chi connectivity index (χ4v) is 1.43. The predicted molar refractivity (Wildman–Crippen MR) is 67.2 cm³/mol. The Labute approximate surface area is 110 Å². The van der Waals surface area contributed by atoms with Crippen LogP contribution < -0.4 is 5.32 Å². The van der Waals surface area contributed by atoms with Crippen molar-refractivity contribution in [1.82, 2.24) is 0 Å². The first-order chi connectivity index (χ1) is 8.23. The number of carbonyl (C=O) groups excluding carboxylic acids is 1. The van der Waals surface area contributed by atoms with Crippen molar-refractivity contribution < 1.29 is 19.0 Å². The summed E-state index contributed by atoms with van der Waals surface area (Å²) in [6, 6.07) is 2.29. The molecule has 0 saturated heterocycles. The molecule has 0 aliphatic rings. The number of halogens is 2. The lowest BCUT2D eigenvalue weighted by Gasteiger charge is -2.20. The van der Waals surface area contributed by atoms with E-state index in [0.717, 1.165) is 6.07 Å². The summed E-state index contributed by atoms with van der Waals surface area (Å²) in [6.45, 7) is 4.75. The molecule has 1 aromatic carbocycles. The standard InChI is InChI=1S/C12H15ClFNO3/c1-12(2,3)18-11(17)15-10-4-7(6-16)8(13)5-9(10)14/h4-5,16H,6H2,1-3H3,(H,15,17). The largest absolute Gasteiger partial charge is 0.444 e. The van der Waals surface area contributed by atoms with Crippen LogP contribution in [0.1, 0.15) is 26.3 Å². The SMILES string of the molecule is CC(C)(C)OC(=O)Nc1cc(CO)c(Cl)cc1F. The Morgan fingerprint density at radius 3 is 2.61 bits per heavy atom. The molecule has 0 aliphatic heterocycles. The molecule has 0 fully saturated rings. The summed E-state index contributed by atoms with van der Waals surface area (Å²) in [7, 11) is 0. The van der Waals surface area contributed by atoms with Gasteiger partial charge in [-0.2, -0.15) is 0 Å². The minimum absolute atomic E-state index is 0.0855.